The summed E-state index contributed by atoms with van der Waals surface area (Å²) in [4.78, 5) is 15.8. The second-order valence-electron chi connectivity index (χ2n) is 6.08. The molecule has 0 radical (unpaired) electrons. The molecular weight excluding hydrogens is 304 g/mol. The number of aromatic nitrogens is 1. The summed E-state index contributed by atoms with van der Waals surface area (Å²) in [6, 6.07) is 9.65. The Bertz CT molecular complexity index is 878. The molecule has 2 aromatic heterocycles. The molecule has 5 heteroatoms. The van der Waals surface area contributed by atoms with Gasteiger partial charge in [-0.15, -0.1) is 0 Å². The van der Waals surface area contributed by atoms with Gasteiger partial charge in [0.2, 0.25) is 0 Å². The Balaban J connectivity index is 1.56. The van der Waals surface area contributed by atoms with Crippen LogP contribution in [0.15, 0.2) is 41.0 Å². The quantitative estimate of drug-likeness (QED) is 0.763. The molecule has 1 unspecified atom stereocenters. The van der Waals surface area contributed by atoms with Crippen molar-refractivity contribution in [2.45, 2.75) is 32.2 Å². The van der Waals surface area contributed by atoms with Gasteiger partial charge in [-0.05, 0) is 44.0 Å². The highest BCUT2D eigenvalue weighted by Gasteiger charge is 2.24. The highest BCUT2D eigenvalue weighted by molar-refractivity contribution is 5.98. The van der Waals surface area contributed by atoms with Gasteiger partial charge in [0.25, 0.3) is 5.91 Å². The van der Waals surface area contributed by atoms with Gasteiger partial charge in [-0.25, -0.2) is 0 Å². The van der Waals surface area contributed by atoms with E-state index in [1.807, 2.05) is 37.3 Å². The fourth-order valence-corrected chi connectivity index (χ4v) is 3.36. The molecule has 1 aliphatic carbocycles. The van der Waals surface area contributed by atoms with E-state index in [4.69, 9.17) is 9.15 Å². The number of hydrogen-bond acceptors (Lipinski definition) is 3. The van der Waals surface area contributed by atoms with Crippen LogP contribution in [-0.2, 0) is 6.42 Å². The molecule has 0 saturated heterocycles. The van der Waals surface area contributed by atoms with Gasteiger partial charge in [-0.1, -0.05) is 0 Å². The van der Waals surface area contributed by atoms with Gasteiger partial charge in [0, 0.05) is 29.0 Å². The van der Waals surface area contributed by atoms with Crippen LogP contribution in [0.5, 0.6) is 5.75 Å². The second-order valence-corrected chi connectivity index (χ2v) is 6.08. The fraction of sp³-hybridized carbons (Fsp3) is 0.316. The van der Waals surface area contributed by atoms with E-state index in [1.165, 1.54) is 0 Å². The van der Waals surface area contributed by atoms with Gasteiger partial charge in [0.05, 0.1) is 18.9 Å². The van der Waals surface area contributed by atoms with Crippen molar-refractivity contribution in [3.8, 4) is 5.75 Å². The zero-order valence-corrected chi connectivity index (χ0v) is 13.6. The van der Waals surface area contributed by atoms with Crippen molar-refractivity contribution in [3.63, 3.8) is 0 Å². The Morgan fingerprint density at radius 1 is 1.38 bits per heavy atom. The number of rotatable bonds is 4. The number of H-pyrrole nitrogens is 1. The molecule has 3 aromatic rings. The average Bonchev–Trinajstić information content (AvgIpc) is 3.21. The minimum absolute atomic E-state index is 0.0189. The van der Waals surface area contributed by atoms with E-state index in [1.54, 1.807) is 6.26 Å². The molecular formula is C19H20N2O3. The predicted molar refractivity (Wildman–Crippen MR) is 91.3 cm³/mol. The molecule has 1 aliphatic rings. The monoisotopic (exact) mass is 324 g/mol. The van der Waals surface area contributed by atoms with Crippen LogP contribution in [0.2, 0.25) is 0 Å². The van der Waals surface area contributed by atoms with E-state index in [0.29, 0.717) is 12.3 Å². The third-order valence-corrected chi connectivity index (χ3v) is 4.51. The first-order valence-corrected chi connectivity index (χ1v) is 8.37. The molecule has 0 spiro atoms. The molecule has 124 valence electrons. The Morgan fingerprint density at radius 3 is 3.17 bits per heavy atom. The largest absolute Gasteiger partial charge is 0.494 e. The summed E-state index contributed by atoms with van der Waals surface area (Å²) in [5, 5.41) is 4.11. The van der Waals surface area contributed by atoms with Crippen molar-refractivity contribution >= 4 is 16.8 Å². The van der Waals surface area contributed by atoms with E-state index in [-0.39, 0.29) is 11.9 Å². The topological polar surface area (TPSA) is 67.3 Å². The lowest BCUT2D eigenvalue weighted by molar-refractivity contribution is 0.0928. The maximum absolute atomic E-state index is 12.6. The van der Waals surface area contributed by atoms with Crippen LogP contribution in [0, 0.1) is 0 Å². The van der Waals surface area contributed by atoms with Crippen molar-refractivity contribution < 1.29 is 13.9 Å². The number of amides is 1. The van der Waals surface area contributed by atoms with E-state index in [9.17, 15) is 4.79 Å². The summed E-state index contributed by atoms with van der Waals surface area (Å²) in [6.07, 6.45) is 4.61. The molecule has 1 amide bonds. The standard InChI is InChI=1S/C19H20N2O3/c1-2-23-13-7-6-12-10-17(20-16(12)11-13)19(22)21-15-4-3-5-18-14(15)8-9-24-18/h6-11,15,20H,2-5H2,1H3,(H,21,22). The molecule has 2 N–H and O–H groups in total. The lowest BCUT2D eigenvalue weighted by atomic mass is 9.93. The lowest BCUT2D eigenvalue weighted by Crippen LogP contribution is -2.30. The first-order chi connectivity index (χ1) is 11.7. The number of carbonyl (C=O) groups excluding carboxylic acids is 1. The van der Waals surface area contributed by atoms with E-state index >= 15 is 0 Å². The molecule has 0 aliphatic heterocycles. The van der Waals surface area contributed by atoms with Crippen LogP contribution in [0.25, 0.3) is 10.9 Å². The third kappa shape index (κ3) is 2.66. The Hall–Kier alpha value is -2.69. The zero-order valence-electron chi connectivity index (χ0n) is 13.6. The summed E-state index contributed by atoms with van der Waals surface area (Å²) in [5.41, 5.74) is 2.57. The minimum atomic E-state index is -0.0943. The van der Waals surface area contributed by atoms with Crippen LogP contribution in [0.1, 0.15) is 47.6 Å². The van der Waals surface area contributed by atoms with Crippen LogP contribution in [0.4, 0.5) is 0 Å². The van der Waals surface area contributed by atoms with Crippen molar-refractivity contribution in [2.75, 3.05) is 6.61 Å². The smallest absolute Gasteiger partial charge is 0.268 e. The van der Waals surface area contributed by atoms with Gasteiger partial charge in [0.15, 0.2) is 0 Å². The molecule has 24 heavy (non-hydrogen) atoms. The van der Waals surface area contributed by atoms with Crippen LogP contribution in [-0.4, -0.2) is 17.5 Å². The third-order valence-electron chi connectivity index (χ3n) is 4.51. The highest BCUT2D eigenvalue weighted by Crippen LogP contribution is 2.31. The molecule has 1 atom stereocenters. The van der Waals surface area contributed by atoms with Gasteiger partial charge < -0.3 is 19.5 Å². The first kappa shape index (κ1) is 14.9. The van der Waals surface area contributed by atoms with Crippen LogP contribution in [0.3, 0.4) is 0 Å². The number of carbonyl (C=O) groups is 1. The van der Waals surface area contributed by atoms with Gasteiger partial charge in [0.1, 0.15) is 17.2 Å². The maximum Gasteiger partial charge on any atom is 0.268 e. The Morgan fingerprint density at radius 2 is 2.29 bits per heavy atom. The van der Waals surface area contributed by atoms with Gasteiger partial charge >= 0.3 is 0 Å². The van der Waals surface area contributed by atoms with E-state index in [2.05, 4.69) is 10.3 Å². The highest BCUT2D eigenvalue weighted by atomic mass is 16.5. The predicted octanol–water partition coefficient (Wildman–Crippen LogP) is 3.97. The molecule has 5 nitrogen and oxygen atoms in total. The molecule has 0 bridgehead atoms. The number of furan rings is 1. The average molecular weight is 324 g/mol. The van der Waals surface area contributed by atoms with Crippen molar-refractivity contribution in [1.29, 1.82) is 0 Å². The Kier molecular flexibility index (Phi) is 3.76. The minimum Gasteiger partial charge on any atom is -0.494 e. The zero-order chi connectivity index (χ0) is 16.5. The van der Waals surface area contributed by atoms with Crippen molar-refractivity contribution in [2.24, 2.45) is 0 Å². The molecule has 0 fully saturated rings. The summed E-state index contributed by atoms with van der Waals surface area (Å²) in [5.74, 6) is 1.70. The number of aryl methyl sites for hydroxylation is 1. The first-order valence-electron chi connectivity index (χ1n) is 8.37. The normalized spacial score (nSPS) is 16.8. The Labute approximate surface area is 140 Å². The molecule has 1 aromatic carbocycles. The lowest BCUT2D eigenvalue weighted by Gasteiger charge is -2.22. The van der Waals surface area contributed by atoms with Crippen molar-refractivity contribution in [3.05, 3.63) is 53.6 Å². The van der Waals surface area contributed by atoms with Crippen molar-refractivity contribution in [1.82, 2.24) is 10.3 Å². The van der Waals surface area contributed by atoms with Crippen LogP contribution < -0.4 is 10.1 Å². The number of hydrogen-bond donors (Lipinski definition) is 2. The molecule has 0 saturated carbocycles. The molecule has 4 rings (SSSR count). The van der Waals surface area contributed by atoms with Gasteiger partial charge in [-0.3, -0.25) is 4.79 Å². The van der Waals surface area contributed by atoms with E-state index in [0.717, 1.165) is 47.2 Å². The fourth-order valence-electron chi connectivity index (χ4n) is 3.36. The second kappa shape index (κ2) is 6.07. The number of benzene rings is 1. The maximum atomic E-state index is 12.6. The summed E-state index contributed by atoms with van der Waals surface area (Å²) in [6.45, 7) is 2.57. The van der Waals surface area contributed by atoms with E-state index < -0.39 is 0 Å². The van der Waals surface area contributed by atoms with Crippen LogP contribution >= 0.6 is 0 Å². The number of fused-ring (bicyclic) bond motifs is 2. The number of aromatic amines is 1. The summed E-state index contributed by atoms with van der Waals surface area (Å²) < 4.78 is 11.0. The van der Waals surface area contributed by atoms with Gasteiger partial charge in [-0.2, -0.15) is 0 Å². The molecule has 2 heterocycles. The summed E-state index contributed by atoms with van der Waals surface area (Å²) in [7, 11) is 0. The SMILES string of the molecule is CCOc1ccc2cc(C(=O)NC3CCCc4occc43)[nH]c2c1. The number of ether oxygens (including phenoxy) is 1. The summed E-state index contributed by atoms with van der Waals surface area (Å²) >= 11 is 0. The number of nitrogens with one attached hydrogen (secondary N) is 2.